The molecule has 6 heteroatoms. The standard InChI is InChI=1S/C17H18N2O3S/c1-3-12-22-17-7-5-4-6-15(17)13-18-19-23(20,21)16-10-8-14(2)9-11-16/h3-11,13,19H,1,12H2,2H3/b18-13+. The second kappa shape index (κ2) is 7.60. The van der Waals surface area contributed by atoms with Crippen LogP contribution in [-0.4, -0.2) is 21.2 Å². The Kier molecular flexibility index (Phi) is 5.54. The zero-order chi connectivity index (χ0) is 16.7. The van der Waals surface area contributed by atoms with Gasteiger partial charge in [0.05, 0.1) is 11.1 Å². The van der Waals surface area contributed by atoms with Gasteiger partial charge in [0, 0.05) is 5.56 Å². The van der Waals surface area contributed by atoms with Crippen LogP contribution >= 0.6 is 0 Å². The molecule has 0 fully saturated rings. The number of aryl methyl sites for hydroxylation is 1. The summed E-state index contributed by atoms with van der Waals surface area (Å²) in [6.45, 7) is 5.84. The van der Waals surface area contributed by atoms with Gasteiger partial charge < -0.3 is 4.74 Å². The number of ether oxygens (including phenoxy) is 1. The highest BCUT2D eigenvalue weighted by atomic mass is 32.2. The minimum absolute atomic E-state index is 0.163. The van der Waals surface area contributed by atoms with Crippen molar-refractivity contribution in [1.82, 2.24) is 4.83 Å². The van der Waals surface area contributed by atoms with Crippen molar-refractivity contribution in [2.75, 3.05) is 6.61 Å². The number of hydrogen-bond donors (Lipinski definition) is 1. The maximum Gasteiger partial charge on any atom is 0.276 e. The molecule has 0 aromatic heterocycles. The van der Waals surface area contributed by atoms with Crippen LogP contribution in [0.3, 0.4) is 0 Å². The predicted octanol–water partition coefficient (Wildman–Crippen LogP) is 2.87. The third-order valence-electron chi connectivity index (χ3n) is 2.98. The fraction of sp³-hybridized carbons (Fsp3) is 0.118. The molecule has 0 aliphatic rings. The number of benzene rings is 2. The first-order valence-electron chi connectivity index (χ1n) is 6.97. The number of rotatable bonds is 7. The van der Waals surface area contributed by atoms with Gasteiger partial charge in [-0.15, -0.1) is 0 Å². The summed E-state index contributed by atoms with van der Waals surface area (Å²) in [6.07, 6.45) is 3.04. The topological polar surface area (TPSA) is 67.8 Å². The minimum atomic E-state index is -3.68. The highest BCUT2D eigenvalue weighted by Crippen LogP contribution is 2.16. The first-order valence-corrected chi connectivity index (χ1v) is 8.45. The third-order valence-corrected chi connectivity index (χ3v) is 4.22. The lowest BCUT2D eigenvalue weighted by Gasteiger charge is -2.07. The quantitative estimate of drug-likeness (QED) is 0.482. The molecular formula is C17H18N2O3S. The van der Waals surface area contributed by atoms with E-state index in [2.05, 4.69) is 16.5 Å². The van der Waals surface area contributed by atoms with E-state index >= 15 is 0 Å². The lowest BCUT2D eigenvalue weighted by molar-refractivity contribution is 0.362. The Bertz CT molecular complexity index is 797. The second-order valence-electron chi connectivity index (χ2n) is 4.80. The maximum absolute atomic E-state index is 12.1. The summed E-state index contributed by atoms with van der Waals surface area (Å²) in [5, 5.41) is 3.81. The van der Waals surface area contributed by atoms with Crippen LogP contribution in [-0.2, 0) is 10.0 Å². The lowest BCUT2D eigenvalue weighted by Crippen LogP contribution is -2.18. The van der Waals surface area contributed by atoms with Crippen molar-refractivity contribution in [2.45, 2.75) is 11.8 Å². The van der Waals surface area contributed by atoms with E-state index in [-0.39, 0.29) is 4.90 Å². The molecular weight excluding hydrogens is 312 g/mol. The van der Waals surface area contributed by atoms with Gasteiger partial charge in [-0.05, 0) is 31.2 Å². The summed E-state index contributed by atoms with van der Waals surface area (Å²) >= 11 is 0. The molecule has 2 aromatic rings. The molecule has 23 heavy (non-hydrogen) atoms. The van der Waals surface area contributed by atoms with Gasteiger partial charge in [0.15, 0.2) is 0 Å². The molecule has 0 radical (unpaired) electrons. The Labute approximate surface area is 136 Å². The summed E-state index contributed by atoms with van der Waals surface area (Å²) < 4.78 is 29.7. The van der Waals surface area contributed by atoms with Crippen molar-refractivity contribution in [3.05, 3.63) is 72.3 Å². The van der Waals surface area contributed by atoms with Crippen molar-refractivity contribution in [1.29, 1.82) is 0 Å². The number of nitrogens with zero attached hydrogens (tertiary/aromatic N) is 1. The molecule has 0 aliphatic heterocycles. The van der Waals surface area contributed by atoms with E-state index in [1.165, 1.54) is 18.3 Å². The van der Waals surface area contributed by atoms with Crippen LogP contribution < -0.4 is 9.57 Å². The molecule has 0 bridgehead atoms. The second-order valence-corrected chi connectivity index (χ2v) is 6.46. The highest BCUT2D eigenvalue weighted by Gasteiger charge is 2.11. The van der Waals surface area contributed by atoms with Gasteiger partial charge in [-0.2, -0.15) is 13.5 Å². The molecule has 0 atom stereocenters. The first-order chi connectivity index (χ1) is 11.0. The molecule has 0 aliphatic carbocycles. The molecule has 0 spiro atoms. The Morgan fingerprint density at radius 2 is 1.87 bits per heavy atom. The number of hydrazone groups is 1. The van der Waals surface area contributed by atoms with Gasteiger partial charge in [-0.3, -0.25) is 0 Å². The van der Waals surface area contributed by atoms with Crippen molar-refractivity contribution in [2.24, 2.45) is 5.10 Å². The average Bonchev–Trinajstić information content (AvgIpc) is 2.54. The largest absolute Gasteiger partial charge is 0.489 e. The van der Waals surface area contributed by atoms with E-state index in [0.717, 1.165) is 5.56 Å². The van der Waals surface area contributed by atoms with E-state index < -0.39 is 10.0 Å². The highest BCUT2D eigenvalue weighted by molar-refractivity contribution is 7.89. The molecule has 0 saturated heterocycles. The van der Waals surface area contributed by atoms with E-state index in [1.54, 1.807) is 30.3 Å². The van der Waals surface area contributed by atoms with E-state index in [1.807, 2.05) is 19.1 Å². The van der Waals surface area contributed by atoms with E-state index in [4.69, 9.17) is 4.74 Å². The van der Waals surface area contributed by atoms with Crippen LogP contribution in [0.2, 0.25) is 0 Å². The monoisotopic (exact) mass is 330 g/mol. The van der Waals surface area contributed by atoms with Gasteiger partial charge in [0.1, 0.15) is 12.4 Å². The zero-order valence-electron chi connectivity index (χ0n) is 12.8. The summed E-state index contributed by atoms with van der Waals surface area (Å²) in [5.74, 6) is 0.602. The summed E-state index contributed by atoms with van der Waals surface area (Å²) in [5.41, 5.74) is 1.65. The van der Waals surface area contributed by atoms with Gasteiger partial charge in [0.2, 0.25) is 0 Å². The van der Waals surface area contributed by atoms with Crippen LogP contribution in [0, 0.1) is 6.92 Å². The lowest BCUT2D eigenvalue weighted by atomic mass is 10.2. The van der Waals surface area contributed by atoms with Crippen LogP contribution in [0.4, 0.5) is 0 Å². The van der Waals surface area contributed by atoms with Crippen LogP contribution in [0.5, 0.6) is 5.75 Å². The van der Waals surface area contributed by atoms with Crippen LogP contribution in [0.1, 0.15) is 11.1 Å². The van der Waals surface area contributed by atoms with Crippen molar-refractivity contribution < 1.29 is 13.2 Å². The number of para-hydroxylation sites is 1. The van der Waals surface area contributed by atoms with Gasteiger partial charge >= 0.3 is 0 Å². The molecule has 0 amide bonds. The van der Waals surface area contributed by atoms with Gasteiger partial charge in [0.25, 0.3) is 10.0 Å². The molecule has 0 saturated carbocycles. The first kappa shape index (κ1) is 16.8. The Hall–Kier alpha value is -2.60. The maximum atomic E-state index is 12.1. The fourth-order valence-electron chi connectivity index (χ4n) is 1.80. The van der Waals surface area contributed by atoms with Crippen LogP contribution in [0.15, 0.2) is 71.2 Å². The SMILES string of the molecule is C=CCOc1ccccc1/C=N/NS(=O)(=O)c1ccc(C)cc1. The zero-order valence-corrected chi connectivity index (χ0v) is 13.6. The van der Waals surface area contributed by atoms with Crippen LogP contribution in [0.25, 0.3) is 0 Å². The molecule has 0 heterocycles. The Morgan fingerprint density at radius 3 is 2.57 bits per heavy atom. The fourth-order valence-corrected chi connectivity index (χ4v) is 2.59. The third kappa shape index (κ3) is 4.69. The molecule has 0 unspecified atom stereocenters. The van der Waals surface area contributed by atoms with Crippen molar-refractivity contribution in [3.8, 4) is 5.75 Å². The Balaban J connectivity index is 2.12. The van der Waals surface area contributed by atoms with E-state index in [9.17, 15) is 8.42 Å². The van der Waals surface area contributed by atoms with E-state index in [0.29, 0.717) is 17.9 Å². The van der Waals surface area contributed by atoms with Gasteiger partial charge in [-0.25, -0.2) is 4.83 Å². The molecule has 5 nitrogen and oxygen atoms in total. The predicted molar refractivity (Wildman–Crippen MR) is 91.2 cm³/mol. The summed E-state index contributed by atoms with van der Waals surface area (Å²) in [6, 6.07) is 13.7. The van der Waals surface area contributed by atoms with Gasteiger partial charge in [-0.1, -0.05) is 42.5 Å². The smallest absolute Gasteiger partial charge is 0.276 e. The number of hydrogen-bond acceptors (Lipinski definition) is 4. The minimum Gasteiger partial charge on any atom is -0.489 e. The summed E-state index contributed by atoms with van der Waals surface area (Å²) in [7, 11) is -3.68. The summed E-state index contributed by atoms with van der Waals surface area (Å²) in [4.78, 5) is 2.36. The molecule has 2 rings (SSSR count). The Morgan fingerprint density at radius 1 is 1.17 bits per heavy atom. The van der Waals surface area contributed by atoms with Crippen molar-refractivity contribution in [3.63, 3.8) is 0 Å². The number of nitrogens with one attached hydrogen (secondary N) is 1. The molecule has 2 aromatic carbocycles. The molecule has 120 valence electrons. The molecule has 1 N–H and O–H groups in total. The average molecular weight is 330 g/mol. The van der Waals surface area contributed by atoms with Crippen molar-refractivity contribution >= 4 is 16.2 Å². The number of sulfonamides is 1. The normalized spacial score (nSPS) is 11.3.